The van der Waals surface area contributed by atoms with E-state index in [0.29, 0.717) is 11.4 Å². The van der Waals surface area contributed by atoms with Gasteiger partial charge in [-0.2, -0.15) is 0 Å². The fourth-order valence-electron chi connectivity index (χ4n) is 2.82. The lowest BCUT2D eigenvalue weighted by atomic mass is 10.2. The van der Waals surface area contributed by atoms with Crippen molar-refractivity contribution in [1.82, 2.24) is 9.97 Å². The number of hydrogen-bond acceptors (Lipinski definition) is 3. The van der Waals surface area contributed by atoms with Crippen molar-refractivity contribution in [3.8, 4) is 5.75 Å². The van der Waals surface area contributed by atoms with Crippen molar-refractivity contribution >= 4 is 33.4 Å². The van der Waals surface area contributed by atoms with Crippen LogP contribution in [0.4, 0.5) is 5.69 Å². The first-order valence-electron chi connectivity index (χ1n) is 7.57. The van der Waals surface area contributed by atoms with Gasteiger partial charge >= 0.3 is 0 Å². The fourth-order valence-corrected chi connectivity index (χ4v) is 2.82. The van der Waals surface area contributed by atoms with Gasteiger partial charge in [-0.1, -0.05) is 24.3 Å². The van der Waals surface area contributed by atoms with Crippen LogP contribution in [0, 0.1) is 0 Å². The third-order valence-corrected chi connectivity index (χ3v) is 3.97. The molecular formula is C19H15N3O2. The number of aromatic nitrogens is 2. The highest BCUT2D eigenvalue weighted by atomic mass is 16.5. The zero-order chi connectivity index (χ0) is 16.5. The maximum Gasteiger partial charge on any atom is 0.272 e. The molecule has 118 valence electrons. The lowest BCUT2D eigenvalue weighted by Crippen LogP contribution is -2.12. The van der Waals surface area contributed by atoms with E-state index in [1.807, 2.05) is 48.5 Å². The highest BCUT2D eigenvalue weighted by Crippen LogP contribution is 2.27. The van der Waals surface area contributed by atoms with Crippen LogP contribution in [0.5, 0.6) is 5.75 Å². The normalized spacial score (nSPS) is 10.9. The van der Waals surface area contributed by atoms with E-state index in [2.05, 4.69) is 15.3 Å². The molecule has 1 amide bonds. The molecule has 0 aliphatic heterocycles. The van der Waals surface area contributed by atoms with E-state index >= 15 is 0 Å². The van der Waals surface area contributed by atoms with E-state index in [0.717, 1.165) is 27.6 Å². The van der Waals surface area contributed by atoms with Crippen molar-refractivity contribution in [2.45, 2.75) is 0 Å². The molecule has 0 saturated heterocycles. The maximum absolute atomic E-state index is 12.6. The van der Waals surface area contributed by atoms with Crippen LogP contribution < -0.4 is 10.1 Å². The van der Waals surface area contributed by atoms with E-state index in [9.17, 15) is 4.79 Å². The molecule has 5 heteroatoms. The average Bonchev–Trinajstić information content (AvgIpc) is 3.06. The van der Waals surface area contributed by atoms with Gasteiger partial charge in [0.25, 0.3) is 5.91 Å². The van der Waals surface area contributed by atoms with E-state index in [-0.39, 0.29) is 5.91 Å². The first-order chi connectivity index (χ1) is 11.8. The topological polar surface area (TPSA) is 67.0 Å². The van der Waals surface area contributed by atoms with Crippen LogP contribution in [0.25, 0.3) is 21.8 Å². The van der Waals surface area contributed by atoms with Gasteiger partial charge in [0.05, 0.1) is 18.3 Å². The number of nitrogens with one attached hydrogen (secondary N) is 2. The van der Waals surface area contributed by atoms with Crippen molar-refractivity contribution in [1.29, 1.82) is 0 Å². The Morgan fingerprint density at radius 1 is 1.12 bits per heavy atom. The number of pyridine rings is 1. The van der Waals surface area contributed by atoms with Gasteiger partial charge in [-0.25, -0.2) is 0 Å². The van der Waals surface area contributed by atoms with Gasteiger partial charge in [-0.05, 0) is 30.3 Å². The Balaban J connectivity index is 1.71. The molecule has 0 fully saturated rings. The first kappa shape index (κ1) is 14.3. The number of methoxy groups -OCH3 is 1. The predicted molar refractivity (Wildman–Crippen MR) is 94.5 cm³/mol. The van der Waals surface area contributed by atoms with Crippen molar-refractivity contribution in [3.05, 3.63) is 66.5 Å². The molecule has 2 aromatic heterocycles. The number of rotatable bonds is 3. The monoisotopic (exact) mass is 317 g/mol. The standard InChI is InChI=1S/C19H15N3O2/c1-24-17-9-3-7-14-13(17)11-16(21-14)19(23)22-15-8-2-5-12-6-4-10-20-18(12)15/h2-11,21H,1H3,(H,22,23). The molecule has 2 N–H and O–H groups in total. The SMILES string of the molecule is COc1cccc2[nH]c(C(=O)Nc3cccc4cccnc34)cc12. The molecule has 0 unspecified atom stereocenters. The number of carbonyl (C=O) groups excluding carboxylic acids is 1. The summed E-state index contributed by atoms with van der Waals surface area (Å²) in [7, 11) is 1.61. The van der Waals surface area contributed by atoms with Crippen LogP contribution in [-0.2, 0) is 0 Å². The van der Waals surface area contributed by atoms with Crippen LogP contribution in [0.3, 0.4) is 0 Å². The second-order valence-corrected chi connectivity index (χ2v) is 5.44. The molecule has 4 rings (SSSR count). The molecule has 0 bridgehead atoms. The Hall–Kier alpha value is -3.34. The Labute approximate surface area is 138 Å². The van der Waals surface area contributed by atoms with E-state index in [1.54, 1.807) is 19.4 Å². The summed E-state index contributed by atoms with van der Waals surface area (Å²) in [6, 6.07) is 17.0. The molecule has 24 heavy (non-hydrogen) atoms. The average molecular weight is 317 g/mol. The zero-order valence-electron chi connectivity index (χ0n) is 13.0. The van der Waals surface area contributed by atoms with E-state index in [4.69, 9.17) is 4.74 Å². The largest absolute Gasteiger partial charge is 0.496 e. The number of anilines is 1. The summed E-state index contributed by atoms with van der Waals surface area (Å²) in [6.07, 6.45) is 1.71. The molecule has 4 aromatic rings. The van der Waals surface area contributed by atoms with Crippen molar-refractivity contribution in [2.75, 3.05) is 12.4 Å². The minimum atomic E-state index is -0.216. The molecule has 5 nitrogen and oxygen atoms in total. The molecule has 0 radical (unpaired) electrons. The third kappa shape index (κ3) is 2.36. The van der Waals surface area contributed by atoms with E-state index < -0.39 is 0 Å². The summed E-state index contributed by atoms with van der Waals surface area (Å²) >= 11 is 0. The van der Waals surface area contributed by atoms with Gasteiger partial charge < -0.3 is 15.0 Å². The van der Waals surface area contributed by atoms with Crippen LogP contribution in [0.2, 0.25) is 0 Å². The molecule has 0 spiro atoms. The maximum atomic E-state index is 12.6. The number of fused-ring (bicyclic) bond motifs is 2. The first-order valence-corrected chi connectivity index (χ1v) is 7.57. The number of ether oxygens (including phenoxy) is 1. The van der Waals surface area contributed by atoms with Gasteiger partial charge in [0.15, 0.2) is 0 Å². The summed E-state index contributed by atoms with van der Waals surface area (Å²) < 4.78 is 5.33. The molecule has 2 aromatic carbocycles. The Kier molecular flexibility index (Phi) is 3.39. The van der Waals surface area contributed by atoms with Crippen LogP contribution in [0.1, 0.15) is 10.5 Å². The van der Waals surface area contributed by atoms with E-state index in [1.165, 1.54) is 0 Å². The lowest BCUT2D eigenvalue weighted by Gasteiger charge is -2.06. The second kappa shape index (κ2) is 5.70. The molecule has 2 heterocycles. The lowest BCUT2D eigenvalue weighted by molar-refractivity contribution is 0.102. The molecule has 0 aliphatic carbocycles. The summed E-state index contributed by atoms with van der Waals surface area (Å²) in [4.78, 5) is 20.1. The number of nitrogens with zero attached hydrogens (tertiary/aromatic N) is 1. The van der Waals surface area contributed by atoms with Gasteiger partial charge in [-0.15, -0.1) is 0 Å². The molecular weight excluding hydrogens is 302 g/mol. The number of amides is 1. The van der Waals surface area contributed by atoms with Crippen LogP contribution in [-0.4, -0.2) is 23.0 Å². The molecule has 0 saturated carbocycles. The number of H-pyrrole nitrogens is 1. The predicted octanol–water partition coefficient (Wildman–Crippen LogP) is 3.98. The summed E-state index contributed by atoms with van der Waals surface area (Å²) in [5.41, 5.74) is 2.78. The molecule has 0 aliphatic rings. The highest BCUT2D eigenvalue weighted by Gasteiger charge is 2.13. The Bertz CT molecular complexity index is 1050. The Morgan fingerprint density at radius 2 is 1.96 bits per heavy atom. The smallest absolute Gasteiger partial charge is 0.272 e. The van der Waals surface area contributed by atoms with Crippen molar-refractivity contribution in [2.24, 2.45) is 0 Å². The minimum Gasteiger partial charge on any atom is -0.496 e. The number of para-hydroxylation sites is 1. The van der Waals surface area contributed by atoms with Crippen molar-refractivity contribution in [3.63, 3.8) is 0 Å². The van der Waals surface area contributed by atoms with Crippen LogP contribution >= 0.6 is 0 Å². The number of hydrogen-bond donors (Lipinski definition) is 2. The third-order valence-electron chi connectivity index (χ3n) is 3.97. The fraction of sp³-hybridized carbons (Fsp3) is 0.0526. The number of carbonyl (C=O) groups is 1. The Morgan fingerprint density at radius 3 is 2.83 bits per heavy atom. The summed E-state index contributed by atoms with van der Waals surface area (Å²) in [5, 5.41) is 4.78. The number of aromatic amines is 1. The van der Waals surface area contributed by atoms with Crippen molar-refractivity contribution < 1.29 is 9.53 Å². The van der Waals surface area contributed by atoms with Gasteiger partial charge in [0.2, 0.25) is 0 Å². The number of benzene rings is 2. The zero-order valence-corrected chi connectivity index (χ0v) is 13.0. The van der Waals surface area contributed by atoms with Gasteiger partial charge in [0.1, 0.15) is 11.4 Å². The minimum absolute atomic E-state index is 0.216. The van der Waals surface area contributed by atoms with Gasteiger partial charge in [0, 0.05) is 22.5 Å². The van der Waals surface area contributed by atoms with Crippen LogP contribution in [0.15, 0.2) is 60.8 Å². The summed E-state index contributed by atoms with van der Waals surface area (Å²) in [6.45, 7) is 0. The summed E-state index contributed by atoms with van der Waals surface area (Å²) in [5.74, 6) is 0.515. The quantitative estimate of drug-likeness (QED) is 0.600. The van der Waals surface area contributed by atoms with Gasteiger partial charge in [-0.3, -0.25) is 9.78 Å². The highest BCUT2D eigenvalue weighted by molar-refractivity contribution is 6.09. The second-order valence-electron chi connectivity index (χ2n) is 5.44. The molecule has 0 atom stereocenters.